The van der Waals surface area contributed by atoms with E-state index >= 15 is 0 Å². The van der Waals surface area contributed by atoms with Gasteiger partial charge in [-0.2, -0.15) is 0 Å². The van der Waals surface area contributed by atoms with Gasteiger partial charge in [-0.1, -0.05) is 18.2 Å². The Hall–Kier alpha value is -2.03. The maximum absolute atomic E-state index is 13.0. The van der Waals surface area contributed by atoms with Gasteiger partial charge in [0.2, 0.25) is 0 Å². The molecule has 4 rings (SSSR count). The molecule has 3 heterocycles. The van der Waals surface area contributed by atoms with Crippen molar-refractivity contribution in [1.29, 1.82) is 0 Å². The second kappa shape index (κ2) is 5.80. The molecule has 0 spiro atoms. The van der Waals surface area contributed by atoms with E-state index in [2.05, 4.69) is 25.9 Å². The van der Waals surface area contributed by atoms with Gasteiger partial charge in [-0.05, 0) is 40.2 Å². The maximum atomic E-state index is 13.0. The monoisotopic (exact) mass is 419 g/mol. The third kappa shape index (κ3) is 2.47. The Balaban J connectivity index is 2.01. The minimum Gasteiger partial charge on any atom is -0.243 e. The van der Waals surface area contributed by atoms with Gasteiger partial charge < -0.3 is 0 Å². The van der Waals surface area contributed by atoms with Crippen LogP contribution in [0, 0.1) is 0 Å². The second-order valence-electron chi connectivity index (χ2n) is 5.00. The molecule has 0 unspecified atom stereocenters. The van der Waals surface area contributed by atoms with Crippen LogP contribution in [-0.2, 0) is 10.0 Å². The molecule has 5 nitrogen and oxygen atoms in total. The Kier molecular flexibility index (Phi) is 3.75. The van der Waals surface area contributed by atoms with Gasteiger partial charge in [0.25, 0.3) is 10.0 Å². The fourth-order valence-corrected chi connectivity index (χ4v) is 5.05. The van der Waals surface area contributed by atoms with E-state index in [9.17, 15) is 8.42 Å². The van der Waals surface area contributed by atoms with Gasteiger partial charge in [-0.3, -0.25) is 0 Å². The highest BCUT2D eigenvalue weighted by molar-refractivity contribution is 9.11. The van der Waals surface area contributed by atoms with Crippen LogP contribution in [-0.4, -0.2) is 22.4 Å². The predicted molar refractivity (Wildman–Crippen MR) is 97.6 cm³/mol. The van der Waals surface area contributed by atoms with Gasteiger partial charge in [0.05, 0.1) is 14.9 Å². The van der Waals surface area contributed by atoms with Crippen LogP contribution in [0.4, 0.5) is 0 Å². The Morgan fingerprint density at radius 2 is 1.83 bits per heavy atom. The topological polar surface area (TPSA) is 64.8 Å². The van der Waals surface area contributed by atoms with Crippen LogP contribution >= 0.6 is 27.3 Å². The predicted octanol–water partition coefficient (Wildman–Crippen LogP) is 4.16. The number of rotatable bonds is 3. The number of fused-ring (bicyclic) bond motifs is 1. The summed E-state index contributed by atoms with van der Waals surface area (Å²) in [5.74, 6) is 0. The van der Waals surface area contributed by atoms with E-state index in [4.69, 9.17) is 0 Å². The van der Waals surface area contributed by atoms with Gasteiger partial charge in [-0.15, -0.1) is 11.3 Å². The number of thiazole rings is 1. The Morgan fingerprint density at radius 3 is 2.54 bits per heavy atom. The van der Waals surface area contributed by atoms with Crippen molar-refractivity contribution < 1.29 is 8.42 Å². The van der Waals surface area contributed by atoms with E-state index in [1.807, 2.05) is 6.07 Å². The van der Waals surface area contributed by atoms with Gasteiger partial charge in [0.15, 0.2) is 5.65 Å². The molecule has 0 atom stereocenters. The van der Waals surface area contributed by atoms with E-state index < -0.39 is 10.0 Å². The molecule has 1 aromatic carbocycles. The van der Waals surface area contributed by atoms with E-state index in [0.717, 1.165) is 19.7 Å². The lowest BCUT2D eigenvalue weighted by Gasteiger charge is -2.06. The third-order valence-electron chi connectivity index (χ3n) is 3.54. The average molecular weight is 420 g/mol. The number of halogens is 1. The number of hydrogen-bond donors (Lipinski definition) is 0. The van der Waals surface area contributed by atoms with Gasteiger partial charge >= 0.3 is 0 Å². The summed E-state index contributed by atoms with van der Waals surface area (Å²) < 4.78 is 28.1. The summed E-state index contributed by atoms with van der Waals surface area (Å²) in [6.45, 7) is 0. The zero-order valence-electron chi connectivity index (χ0n) is 12.1. The van der Waals surface area contributed by atoms with Crippen molar-refractivity contribution in [1.82, 2.24) is 13.9 Å². The summed E-state index contributed by atoms with van der Waals surface area (Å²) in [6.07, 6.45) is 4.87. The van der Waals surface area contributed by atoms with Crippen LogP contribution < -0.4 is 0 Å². The first-order valence-corrected chi connectivity index (χ1v) is 10.0. The van der Waals surface area contributed by atoms with E-state index in [1.165, 1.54) is 15.3 Å². The average Bonchev–Trinajstić information content (AvgIpc) is 3.19. The molecule has 0 aliphatic rings. The number of aromatic nitrogens is 3. The van der Waals surface area contributed by atoms with Gasteiger partial charge in [0, 0.05) is 23.3 Å². The summed E-state index contributed by atoms with van der Waals surface area (Å²) in [5.41, 5.74) is 1.14. The molecule has 0 bridgehead atoms. The molecule has 120 valence electrons. The fraction of sp³-hybridized carbons (Fsp3) is 0. The first-order valence-electron chi connectivity index (χ1n) is 6.96. The van der Waals surface area contributed by atoms with E-state index in [-0.39, 0.29) is 4.90 Å². The molecule has 24 heavy (non-hydrogen) atoms. The molecule has 0 amide bonds. The zero-order valence-corrected chi connectivity index (χ0v) is 15.3. The molecule has 3 aromatic heterocycles. The molecule has 0 radical (unpaired) electrons. The lowest BCUT2D eigenvalue weighted by atomic mass is 10.2. The zero-order chi connectivity index (χ0) is 16.7. The Morgan fingerprint density at radius 1 is 1.04 bits per heavy atom. The van der Waals surface area contributed by atoms with Crippen LogP contribution in [0.25, 0.3) is 21.6 Å². The summed E-state index contributed by atoms with van der Waals surface area (Å²) >= 11 is 4.84. The van der Waals surface area contributed by atoms with Crippen LogP contribution in [0.3, 0.4) is 0 Å². The number of pyridine rings is 1. The normalized spacial score (nSPS) is 11.9. The van der Waals surface area contributed by atoms with Crippen LogP contribution in [0.1, 0.15) is 0 Å². The van der Waals surface area contributed by atoms with E-state index in [1.54, 1.807) is 55.0 Å². The SMILES string of the molecule is O=S(=O)(c1ccccc1)n1cc(-c2ncc(Br)s2)c2cccnc21. The van der Waals surface area contributed by atoms with Crippen LogP contribution in [0.2, 0.25) is 0 Å². The molecule has 0 aliphatic carbocycles. The minimum atomic E-state index is -3.73. The molecular formula is C16H10BrN3O2S2. The Labute approximate surface area is 150 Å². The quantitative estimate of drug-likeness (QED) is 0.499. The molecule has 4 aromatic rings. The van der Waals surface area contributed by atoms with Crippen LogP contribution in [0.15, 0.2) is 69.7 Å². The van der Waals surface area contributed by atoms with Crippen molar-refractivity contribution in [3.05, 3.63) is 64.8 Å². The third-order valence-corrected chi connectivity index (χ3v) is 6.71. The summed E-state index contributed by atoms with van der Waals surface area (Å²) in [7, 11) is -3.73. The highest BCUT2D eigenvalue weighted by Gasteiger charge is 2.23. The second-order valence-corrected chi connectivity index (χ2v) is 9.23. The molecule has 0 fully saturated rings. The number of benzene rings is 1. The summed E-state index contributed by atoms with van der Waals surface area (Å²) in [4.78, 5) is 8.84. The summed E-state index contributed by atoms with van der Waals surface area (Å²) in [6, 6.07) is 12.0. The molecule has 0 saturated heterocycles. The van der Waals surface area contributed by atoms with Crippen molar-refractivity contribution in [3.63, 3.8) is 0 Å². The lowest BCUT2D eigenvalue weighted by Crippen LogP contribution is -2.12. The van der Waals surface area contributed by atoms with Gasteiger partial charge in [-0.25, -0.2) is 22.4 Å². The summed E-state index contributed by atoms with van der Waals surface area (Å²) in [5, 5.41) is 1.49. The molecule has 0 saturated carbocycles. The maximum Gasteiger partial charge on any atom is 0.269 e. The Bertz CT molecular complexity index is 1130. The fourth-order valence-electron chi connectivity index (χ4n) is 2.47. The highest BCUT2D eigenvalue weighted by Crippen LogP contribution is 2.35. The first kappa shape index (κ1) is 15.5. The first-order chi connectivity index (χ1) is 11.6. The van der Waals surface area contributed by atoms with Crippen molar-refractivity contribution in [3.8, 4) is 10.6 Å². The number of hydrogen-bond acceptors (Lipinski definition) is 5. The molecule has 0 aliphatic heterocycles. The smallest absolute Gasteiger partial charge is 0.243 e. The molecular weight excluding hydrogens is 410 g/mol. The van der Waals surface area contributed by atoms with Crippen molar-refractivity contribution in [2.45, 2.75) is 4.90 Å². The number of nitrogens with zero attached hydrogens (tertiary/aromatic N) is 3. The standard InChI is InChI=1S/C16H10BrN3O2S2/c17-14-9-19-16(23-14)13-10-20(15-12(13)7-4-8-18-15)24(21,22)11-5-2-1-3-6-11/h1-10H. The van der Waals surface area contributed by atoms with Gasteiger partial charge in [0.1, 0.15) is 5.01 Å². The van der Waals surface area contributed by atoms with Crippen molar-refractivity contribution in [2.24, 2.45) is 0 Å². The van der Waals surface area contributed by atoms with Crippen LogP contribution in [0.5, 0.6) is 0 Å². The van der Waals surface area contributed by atoms with Crippen molar-refractivity contribution in [2.75, 3.05) is 0 Å². The van der Waals surface area contributed by atoms with E-state index in [0.29, 0.717) is 5.65 Å². The highest BCUT2D eigenvalue weighted by atomic mass is 79.9. The van der Waals surface area contributed by atoms with Crippen molar-refractivity contribution >= 4 is 48.3 Å². The molecule has 8 heteroatoms. The minimum absolute atomic E-state index is 0.222. The largest absolute Gasteiger partial charge is 0.269 e. The molecule has 0 N–H and O–H groups in total. The lowest BCUT2D eigenvalue weighted by molar-refractivity contribution is 0.589.